The molecule has 0 radical (unpaired) electrons. The van der Waals surface area contributed by atoms with E-state index < -0.39 is 5.60 Å². The molecule has 154 valence electrons. The van der Waals surface area contributed by atoms with Gasteiger partial charge in [-0.3, -0.25) is 0 Å². The molecule has 2 aromatic carbocycles. The predicted molar refractivity (Wildman–Crippen MR) is 125 cm³/mol. The van der Waals surface area contributed by atoms with E-state index in [-0.39, 0.29) is 5.92 Å². The van der Waals surface area contributed by atoms with Gasteiger partial charge in [0.25, 0.3) is 0 Å². The molecule has 1 atom stereocenters. The first-order chi connectivity index (χ1) is 14.4. The second kappa shape index (κ2) is 10.0. The van der Waals surface area contributed by atoms with Gasteiger partial charge in [0.1, 0.15) is 23.7 Å². The number of hydrogen-bond donors (Lipinski definition) is 0. The molecule has 2 heteroatoms. The number of hydrogen-bond acceptors (Lipinski definition) is 2. The van der Waals surface area contributed by atoms with Gasteiger partial charge in [0.2, 0.25) is 0 Å². The van der Waals surface area contributed by atoms with Crippen LogP contribution in [0, 0.1) is 5.92 Å². The van der Waals surface area contributed by atoms with Crippen LogP contribution in [0.3, 0.4) is 0 Å². The van der Waals surface area contributed by atoms with Crippen molar-refractivity contribution < 1.29 is 9.47 Å². The molecule has 0 spiro atoms. The number of allylic oxidation sites excluding steroid dienone is 4. The summed E-state index contributed by atoms with van der Waals surface area (Å²) in [6, 6.07) is 18.3. The van der Waals surface area contributed by atoms with Gasteiger partial charge >= 0.3 is 0 Å². The Balaban J connectivity index is 1.57. The Hall–Kier alpha value is -3.22. The van der Waals surface area contributed by atoms with E-state index >= 15 is 0 Å². The summed E-state index contributed by atoms with van der Waals surface area (Å²) in [5.74, 6) is 1.84. The predicted octanol–water partition coefficient (Wildman–Crippen LogP) is 7.27. The van der Waals surface area contributed by atoms with Crippen LogP contribution in [0.2, 0.25) is 0 Å². The lowest BCUT2D eigenvalue weighted by molar-refractivity contribution is 0.0649. The zero-order valence-electron chi connectivity index (χ0n) is 18.1. The molecule has 2 aromatic rings. The molecule has 1 aliphatic rings. The van der Waals surface area contributed by atoms with Crippen LogP contribution in [0.1, 0.15) is 38.3 Å². The van der Waals surface area contributed by atoms with Crippen LogP contribution < -0.4 is 4.74 Å². The highest BCUT2D eigenvalue weighted by molar-refractivity contribution is 5.51. The molecule has 1 unspecified atom stereocenters. The van der Waals surface area contributed by atoms with Gasteiger partial charge in [0.05, 0.1) is 0 Å². The largest absolute Gasteiger partial charge is 0.489 e. The van der Waals surface area contributed by atoms with Crippen molar-refractivity contribution in [2.24, 2.45) is 5.92 Å². The Morgan fingerprint density at radius 2 is 1.87 bits per heavy atom. The third kappa shape index (κ3) is 6.40. The molecule has 0 heterocycles. The zero-order valence-corrected chi connectivity index (χ0v) is 18.1. The minimum atomic E-state index is -0.466. The number of rotatable bonds is 8. The minimum Gasteiger partial charge on any atom is -0.489 e. The molecule has 0 fully saturated rings. The molecule has 3 rings (SSSR count). The maximum atomic E-state index is 6.25. The SMILES string of the molecule is C=C=C(OC(C)(C)/C=C/c1ccc(OCc2ccccc2)cc1)C1C=CC(C)=CC1. The van der Waals surface area contributed by atoms with Gasteiger partial charge in [-0.05, 0) is 56.5 Å². The third-order valence-electron chi connectivity index (χ3n) is 4.97. The topological polar surface area (TPSA) is 18.5 Å². The monoisotopic (exact) mass is 398 g/mol. The van der Waals surface area contributed by atoms with Gasteiger partial charge in [-0.1, -0.05) is 84.7 Å². The Morgan fingerprint density at radius 1 is 1.13 bits per heavy atom. The van der Waals surface area contributed by atoms with Crippen molar-refractivity contribution in [3.8, 4) is 5.75 Å². The van der Waals surface area contributed by atoms with E-state index in [1.54, 1.807) is 0 Å². The van der Waals surface area contributed by atoms with Gasteiger partial charge in [-0.2, -0.15) is 0 Å². The highest BCUT2D eigenvalue weighted by Gasteiger charge is 2.22. The fraction of sp³-hybridized carbons (Fsp3) is 0.250. The van der Waals surface area contributed by atoms with Crippen LogP contribution in [0.4, 0.5) is 0 Å². The molecule has 1 aliphatic carbocycles. The first-order valence-electron chi connectivity index (χ1n) is 10.4. The van der Waals surface area contributed by atoms with E-state index in [0.717, 1.165) is 29.1 Å². The van der Waals surface area contributed by atoms with Gasteiger partial charge in [0, 0.05) is 5.92 Å². The quantitative estimate of drug-likeness (QED) is 0.344. The average Bonchev–Trinajstić information content (AvgIpc) is 2.77. The summed E-state index contributed by atoms with van der Waals surface area (Å²) in [6.45, 7) is 10.6. The Labute approximate surface area is 180 Å². The number of benzene rings is 2. The Bertz CT molecular complexity index is 969. The maximum Gasteiger partial charge on any atom is 0.146 e. The van der Waals surface area contributed by atoms with Crippen LogP contribution in [-0.4, -0.2) is 5.60 Å². The van der Waals surface area contributed by atoms with E-state index in [1.165, 1.54) is 5.57 Å². The molecule has 0 bridgehead atoms. The Morgan fingerprint density at radius 3 is 2.50 bits per heavy atom. The lowest BCUT2D eigenvalue weighted by atomic mass is 9.95. The van der Waals surface area contributed by atoms with Gasteiger partial charge in [0.15, 0.2) is 0 Å². The maximum absolute atomic E-state index is 6.25. The first-order valence-corrected chi connectivity index (χ1v) is 10.4. The van der Waals surface area contributed by atoms with E-state index in [9.17, 15) is 0 Å². The lowest BCUT2D eigenvalue weighted by Gasteiger charge is -2.27. The van der Waals surface area contributed by atoms with E-state index in [2.05, 4.69) is 73.9 Å². The fourth-order valence-electron chi connectivity index (χ4n) is 3.20. The van der Waals surface area contributed by atoms with Gasteiger partial charge in [-0.25, -0.2) is 0 Å². The second-order valence-electron chi connectivity index (χ2n) is 8.07. The zero-order chi connectivity index (χ0) is 21.4. The summed E-state index contributed by atoms with van der Waals surface area (Å²) in [5.41, 5.74) is 6.06. The summed E-state index contributed by atoms with van der Waals surface area (Å²) >= 11 is 0. The highest BCUT2D eigenvalue weighted by Crippen LogP contribution is 2.28. The highest BCUT2D eigenvalue weighted by atomic mass is 16.5. The summed E-state index contributed by atoms with van der Waals surface area (Å²) in [7, 11) is 0. The Kier molecular flexibility index (Phi) is 7.17. The van der Waals surface area contributed by atoms with E-state index in [0.29, 0.717) is 6.61 Å². The van der Waals surface area contributed by atoms with E-state index in [4.69, 9.17) is 9.47 Å². The van der Waals surface area contributed by atoms with Crippen LogP contribution in [0.5, 0.6) is 5.75 Å². The molecule has 0 aliphatic heterocycles. The normalized spacial score (nSPS) is 16.1. The van der Waals surface area contributed by atoms with Crippen LogP contribution in [0.25, 0.3) is 6.08 Å². The average molecular weight is 399 g/mol. The molecule has 30 heavy (non-hydrogen) atoms. The van der Waals surface area contributed by atoms with Crippen LogP contribution in [-0.2, 0) is 11.3 Å². The van der Waals surface area contributed by atoms with Crippen molar-refractivity contribution in [2.45, 2.75) is 39.4 Å². The van der Waals surface area contributed by atoms with Crippen LogP contribution in [0.15, 0.2) is 103 Å². The van der Waals surface area contributed by atoms with Gasteiger partial charge in [-0.15, -0.1) is 0 Å². The first kappa shape index (κ1) is 21.5. The van der Waals surface area contributed by atoms with Crippen molar-refractivity contribution in [1.82, 2.24) is 0 Å². The molecular formula is C28H30O2. The molecule has 0 N–H and O–H groups in total. The van der Waals surface area contributed by atoms with Crippen molar-refractivity contribution in [2.75, 3.05) is 0 Å². The summed E-state index contributed by atoms with van der Waals surface area (Å²) in [6.07, 6.45) is 11.6. The van der Waals surface area contributed by atoms with Crippen LogP contribution >= 0.6 is 0 Å². The van der Waals surface area contributed by atoms with Crippen molar-refractivity contribution in [1.29, 1.82) is 0 Å². The summed E-state index contributed by atoms with van der Waals surface area (Å²) in [5, 5.41) is 0. The third-order valence-corrected chi connectivity index (χ3v) is 4.97. The van der Waals surface area contributed by atoms with Crippen molar-refractivity contribution >= 4 is 6.08 Å². The van der Waals surface area contributed by atoms with E-state index in [1.807, 2.05) is 44.2 Å². The molecule has 2 nitrogen and oxygen atoms in total. The molecule has 0 saturated heterocycles. The summed E-state index contributed by atoms with van der Waals surface area (Å²) in [4.78, 5) is 0. The molecular weight excluding hydrogens is 368 g/mol. The fourth-order valence-corrected chi connectivity index (χ4v) is 3.20. The van der Waals surface area contributed by atoms with Crippen molar-refractivity contribution in [3.05, 3.63) is 114 Å². The minimum absolute atomic E-state index is 0.194. The number of ether oxygens (including phenoxy) is 2. The molecule has 0 aromatic heterocycles. The second-order valence-corrected chi connectivity index (χ2v) is 8.07. The summed E-state index contributed by atoms with van der Waals surface area (Å²) < 4.78 is 12.1. The van der Waals surface area contributed by atoms with Crippen molar-refractivity contribution in [3.63, 3.8) is 0 Å². The standard InChI is InChI=1S/C28H30O2/c1-5-27(25-15-11-22(2)12-16-25)30-28(3,4)20-19-23-13-17-26(18-14-23)29-21-24-9-7-6-8-10-24/h6-15,17-20,25H,1,16,21H2,2-4H3/b20-19+. The molecule has 0 saturated carbocycles. The smallest absolute Gasteiger partial charge is 0.146 e. The molecule has 0 amide bonds. The van der Waals surface area contributed by atoms with Gasteiger partial charge < -0.3 is 9.47 Å². The lowest BCUT2D eigenvalue weighted by Crippen LogP contribution is -2.23.